The predicted molar refractivity (Wildman–Crippen MR) is 102 cm³/mol. The largest absolute Gasteiger partial charge is 0.354 e. The van der Waals surface area contributed by atoms with Gasteiger partial charge < -0.3 is 9.84 Å². The molecular weight excluding hydrogens is 340 g/mol. The van der Waals surface area contributed by atoms with E-state index in [1.54, 1.807) is 0 Å². The first kappa shape index (κ1) is 17.4. The SMILES string of the molecule is CN1Cc2ccccc2C[C@H]1C(=O)NCCc1noc(-c2ccccc2)n1. The number of nitrogens with zero attached hydrogens (tertiary/aromatic N) is 3. The monoisotopic (exact) mass is 362 g/mol. The van der Waals surface area contributed by atoms with Crippen molar-refractivity contribution in [3.8, 4) is 11.5 Å². The lowest BCUT2D eigenvalue weighted by molar-refractivity contribution is -0.126. The molecule has 0 saturated carbocycles. The number of amides is 1. The van der Waals surface area contributed by atoms with Crippen molar-refractivity contribution in [2.75, 3.05) is 13.6 Å². The minimum atomic E-state index is -0.148. The van der Waals surface area contributed by atoms with Crippen LogP contribution >= 0.6 is 0 Å². The van der Waals surface area contributed by atoms with Gasteiger partial charge in [0.15, 0.2) is 5.82 Å². The van der Waals surface area contributed by atoms with Gasteiger partial charge in [0.1, 0.15) is 0 Å². The number of carbonyl (C=O) groups is 1. The maximum atomic E-state index is 12.6. The van der Waals surface area contributed by atoms with Crippen molar-refractivity contribution in [2.24, 2.45) is 0 Å². The van der Waals surface area contributed by atoms with Crippen LogP contribution in [0.3, 0.4) is 0 Å². The second-order valence-electron chi connectivity index (χ2n) is 6.83. The van der Waals surface area contributed by atoms with Gasteiger partial charge in [-0.25, -0.2) is 0 Å². The van der Waals surface area contributed by atoms with Crippen LogP contribution in [0.4, 0.5) is 0 Å². The van der Waals surface area contributed by atoms with E-state index in [-0.39, 0.29) is 11.9 Å². The molecule has 1 N–H and O–H groups in total. The molecule has 0 bridgehead atoms. The van der Waals surface area contributed by atoms with Crippen LogP contribution in [0.25, 0.3) is 11.5 Å². The van der Waals surface area contributed by atoms with Crippen LogP contribution in [0, 0.1) is 0 Å². The maximum Gasteiger partial charge on any atom is 0.257 e. The molecule has 2 aromatic carbocycles. The van der Waals surface area contributed by atoms with E-state index in [0.717, 1.165) is 18.5 Å². The zero-order valence-corrected chi connectivity index (χ0v) is 15.3. The van der Waals surface area contributed by atoms with Crippen molar-refractivity contribution in [1.29, 1.82) is 0 Å². The summed E-state index contributed by atoms with van der Waals surface area (Å²) in [5, 5.41) is 7.01. The molecule has 1 aromatic heterocycles. The molecule has 27 heavy (non-hydrogen) atoms. The van der Waals surface area contributed by atoms with E-state index < -0.39 is 0 Å². The molecule has 1 atom stereocenters. The summed E-state index contributed by atoms with van der Waals surface area (Å²) in [5.41, 5.74) is 3.44. The Labute approximate surface area is 158 Å². The highest BCUT2D eigenvalue weighted by Crippen LogP contribution is 2.22. The summed E-state index contributed by atoms with van der Waals surface area (Å²) in [5.74, 6) is 1.14. The quantitative estimate of drug-likeness (QED) is 0.755. The van der Waals surface area contributed by atoms with Crippen LogP contribution in [0.2, 0.25) is 0 Å². The van der Waals surface area contributed by atoms with Crippen molar-refractivity contribution in [3.05, 3.63) is 71.5 Å². The maximum absolute atomic E-state index is 12.6. The first-order valence-electron chi connectivity index (χ1n) is 9.13. The molecule has 3 aromatic rings. The summed E-state index contributed by atoms with van der Waals surface area (Å²) >= 11 is 0. The van der Waals surface area contributed by atoms with Gasteiger partial charge in [-0.05, 0) is 36.7 Å². The fraction of sp³-hybridized carbons (Fsp3) is 0.286. The summed E-state index contributed by atoms with van der Waals surface area (Å²) in [6.45, 7) is 1.28. The molecule has 1 aliphatic heterocycles. The minimum absolute atomic E-state index is 0.0405. The number of nitrogens with one attached hydrogen (secondary N) is 1. The van der Waals surface area contributed by atoms with Crippen LogP contribution in [-0.2, 0) is 24.2 Å². The van der Waals surface area contributed by atoms with Gasteiger partial charge in [0, 0.05) is 25.1 Å². The van der Waals surface area contributed by atoms with Crippen LogP contribution in [0.5, 0.6) is 0 Å². The zero-order chi connectivity index (χ0) is 18.6. The summed E-state index contributed by atoms with van der Waals surface area (Å²) in [6.07, 6.45) is 1.27. The predicted octanol–water partition coefficient (Wildman–Crippen LogP) is 2.45. The molecule has 0 fully saturated rings. The van der Waals surface area contributed by atoms with E-state index in [9.17, 15) is 4.79 Å². The van der Waals surface area contributed by atoms with Crippen LogP contribution in [0.15, 0.2) is 59.1 Å². The fourth-order valence-corrected chi connectivity index (χ4v) is 3.42. The number of carbonyl (C=O) groups excluding carboxylic acids is 1. The molecule has 4 rings (SSSR count). The smallest absolute Gasteiger partial charge is 0.257 e. The molecule has 1 aliphatic rings. The fourth-order valence-electron chi connectivity index (χ4n) is 3.42. The van der Waals surface area contributed by atoms with Crippen molar-refractivity contribution in [3.63, 3.8) is 0 Å². The van der Waals surface area contributed by atoms with Crippen molar-refractivity contribution < 1.29 is 9.32 Å². The molecule has 6 nitrogen and oxygen atoms in total. The lowest BCUT2D eigenvalue weighted by Crippen LogP contribution is -2.48. The summed E-state index contributed by atoms with van der Waals surface area (Å²) in [7, 11) is 1.99. The number of likely N-dealkylation sites (N-methyl/N-ethyl adjacent to an activating group) is 1. The van der Waals surface area contributed by atoms with E-state index >= 15 is 0 Å². The molecule has 6 heteroatoms. The Morgan fingerprint density at radius 3 is 2.70 bits per heavy atom. The summed E-state index contributed by atoms with van der Waals surface area (Å²) in [4.78, 5) is 19.1. The highest BCUT2D eigenvalue weighted by atomic mass is 16.5. The van der Waals surface area contributed by atoms with Crippen LogP contribution in [0.1, 0.15) is 17.0 Å². The highest BCUT2D eigenvalue weighted by Gasteiger charge is 2.28. The molecule has 138 valence electrons. The number of benzene rings is 2. The van der Waals surface area contributed by atoms with Gasteiger partial charge in [0.25, 0.3) is 5.89 Å². The van der Waals surface area contributed by atoms with Gasteiger partial charge in [0.05, 0.1) is 6.04 Å². The van der Waals surface area contributed by atoms with Crippen molar-refractivity contribution in [2.45, 2.75) is 25.4 Å². The summed E-state index contributed by atoms with van der Waals surface area (Å²) < 4.78 is 5.30. The Balaban J connectivity index is 1.32. The molecule has 0 saturated heterocycles. The number of aromatic nitrogens is 2. The number of hydrogen-bond donors (Lipinski definition) is 1. The van der Waals surface area contributed by atoms with Gasteiger partial charge in [0.2, 0.25) is 5.91 Å². The third-order valence-electron chi connectivity index (χ3n) is 4.92. The topological polar surface area (TPSA) is 71.3 Å². The number of rotatable bonds is 5. The second-order valence-corrected chi connectivity index (χ2v) is 6.83. The Morgan fingerprint density at radius 2 is 1.89 bits per heavy atom. The third kappa shape index (κ3) is 3.90. The van der Waals surface area contributed by atoms with Crippen LogP contribution in [-0.4, -0.2) is 40.6 Å². The Morgan fingerprint density at radius 1 is 1.15 bits per heavy atom. The molecule has 0 aliphatic carbocycles. The van der Waals surface area contributed by atoms with Gasteiger partial charge >= 0.3 is 0 Å². The van der Waals surface area contributed by atoms with E-state index in [1.165, 1.54) is 11.1 Å². The third-order valence-corrected chi connectivity index (χ3v) is 4.92. The zero-order valence-electron chi connectivity index (χ0n) is 15.3. The Kier molecular flexibility index (Phi) is 4.98. The van der Waals surface area contributed by atoms with Gasteiger partial charge in [-0.3, -0.25) is 9.69 Å². The van der Waals surface area contributed by atoms with Gasteiger partial charge in [-0.15, -0.1) is 0 Å². The Bertz CT molecular complexity index is 923. The second kappa shape index (κ2) is 7.72. The lowest BCUT2D eigenvalue weighted by Gasteiger charge is -2.33. The highest BCUT2D eigenvalue weighted by molar-refractivity contribution is 5.82. The summed E-state index contributed by atoms with van der Waals surface area (Å²) in [6, 6.07) is 17.8. The Hall–Kier alpha value is -2.99. The van der Waals surface area contributed by atoms with E-state index in [2.05, 4.69) is 32.5 Å². The lowest BCUT2D eigenvalue weighted by atomic mass is 9.94. The van der Waals surface area contributed by atoms with E-state index in [4.69, 9.17) is 4.52 Å². The molecular formula is C21H22N4O2. The average Bonchev–Trinajstić information content (AvgIpc) is 3.17. The van der Waals surface area contributed by atoms with Crippen molar-refractivity contribution in [1.82, 2.24) is 20.4 Å². The number of fused-ring (bicyclic) bond motifs is 1. The molecule has 0 radical (unpaired) electrons. The van der Waals surface area contributed by atoms with Crippen molar-refractivity contribution >= 4 is 5.91 Å². The average molecular weight is 362 g/mol. The first-order chi connectivity index (χ1) is 13.2. The molecule has 2 heterocycles. The van der Waals surface area contributed by atoms with Crippen LogP contribution < -0.4 is 5.32 Å². The van der Waals surface area contributed by atoms with Gasteiger partial charge in [-0.1, -0.05) is 47.6 Å². The molecule has 0 spiro atoms. The molecule has 0 unspecified atom stereocenters. The standard InChI is InChI=1S/C21H22N4O2/c1-25-14-17-10-6-5-9-16(17)13-18(25)20(26)22-12-11-19-23-21(27-24-19)15-7-3-2-4-8-15/h2-10,18H,11-14H2,1H3,(H,22,26)/t18-/m0/s1. The first-order valence-corrected chi connectivity index (χ1v) is 9.13. The van der Waals surface area contributed by atoms with E-state index in [1.807, 2.05) is 49.5 Å². The number of hydrogen-bond acceptors (Lipinski definition) is 5. The normalized spacial score (nSPS) is 16.7. The molecule has 1 amide bonds. The van der Waals surface area contributed by atoms with Gasteiger partial charge in [-0.2, -0.15) is 4.98 Å². The van der Waals surface area contributed by atoms with E-state index in [0.29, 0.717) is 24.7 Å². The minimum Gasteiger partial charge on any atom is -0.354 e.